The molecule has 0 radical (unpaired) electrons. The molecule has 2 aliphatic rings. The van der Waals surface area contributed by atoms with Crippen LogP contribution in [0.25, 0.3) is 0 Å². The van der Waals surface area contributed by atoms with Gasteiger partial charge in [0.05, 0.1) is 0 Å². The maximum atomic E-state index is 12.2. The number of amides is 1. The van der Waals surface area contributed by atoms with E-state index >= 15 is 0 Å². The van der Waals surface area contributed by atoms with Gasteiger partial charge in [-0.3, -0.25) is 4.79 Å². The van der Waals surface area contributed by atoms with Crippen LogP contribution in [0, 0.1) is 5.92 Å². The quantitative estimate of drug-likeness (QED) is 0.911. The fraction of sp³-hybridized carbons (Fsp3) is 0.643. The van der Waals surface area contributed by atoms with Crippen LogP contribution in [0.3, 0.4) is 0 Å². The summed E-state index contributed by atoms with van der Waals surface area (Å²) in [5.41, 5.74) is 0. The highest BCUT2D eigenvalue weighted by Crippen LogP contribution is 2.26. The van der Waals surface area contributed by atoms with Crippen LogP contribution in [0.15, 0.2) is 16.5 Å². The predicted molar refractivity (Wildman–Crippen MR) is 80.6 cm³/mol. The first kappa shape index (κ1) is 15.7. The average Bonchev–Trinajstić information content (AvgIpc) is 3.09. The molecule has 0 spiro atoms. The van der Waals surface area contributed by atoms with E-state index in [1.807, 2.05) is 4.90 Å². The van der Waals surface area contributed by atoms with Gasteiger partial charge in [0.1, 0.15) is 0 Å². The summed E-state index contributed by atoms with van der Waals surface area (Å²) in [4.78, 5) is 14.1. The SMILES string of the molecule is Cl.O=C(c1ccc(Cl)o1)N1CCC(C2CCCN2)CC1. The molecule has 6 heteroatoms. The van der Waals surface area contributed by atoms with Crippen LogP contribution < -0.4 is 5.32 Å². The van der Waals surface area contributed by atoms with Gasteiger partial charge in [-0.2, -0.15) is 0 Å². The van der Waals surface area contributed by atoms with Crippen molar-refractivity contribution in [2.24, 2.45) is 5.92 Å². The van der Waals surface area contributed by atoms with Gasteiger partial charge >= 0.3 is 0 Å². The Morgan fingerprint density at radius 1 is 1.30 bits per heavy atom. The van der Waals surface area contributed by atoms with Gasteiger partial charge in [-0.1, -0.05) is 0 Å². The van der Waals surface area contributed by atoms with Crippen LogP contribution in [0.2, 0.25) is 5.22 Å². The first-order chi connectivity index (χ1) is 9.24. The van der Waals surface area contributed by atoms with Crippen LogP contribution in [0.5, 0.6) is 0 Å². The number of carbonyl (C=O) groups is 1. The lowest BCUT2D eigenvalue weighted by atomic mass is 9.88. The number of piperidine rings is 1. The van der Waals surface area contributed by atoms with Crippen molar-refractivity contribution < 1.29 is 9.21 Å². The van der Waals surface area contributed by atoms with Crippen molar-refractivity contribution in [3.63, 3.8) is 0 Å². The van der Waals surface area contributed by atoms with Crippen molar-refractivity contribution in [2.75, 3.05) is 19.6 Å². The standard InChI is InChI=1S/C14H19ClN2O2.ClH/c15-13-4-3-12(19-13)14(18)17-8-5-10(6-9-17)11-2-1-7-16-11;/h3-4,10-11,16H,1-2,5-9H2;1H. The molecular weight excluding hydrogens is 299 g/mol. The van der Waals surface area contributed by atoms with E-state index in [2.05, 4.69) is 5.32 Å². The minimum atomic E-state index is -0.0373. The van der Waals surface area contributed by atoms with E-state index in [0.29, 0.717) is 17.7 Å². The van der Waals surface area contributed by atoms with Gasteiger partial charge < -0.3 is 14.6 Å². The maximum Gasteiger partial charge on any atom is 0.289 e. The smallest absolute Gasteiger partial charge is 0.289 e. The summed E-state index contributed by atoms with van der Waals surface area (Å²) in [5.74, 6) is 1.03. The first-order valence-electron chi connectivity index (χ1n) is 7.02. The number of likely N-dealkylation sites (tertiary alicyclic amines) is 1. The minimum Gasteiger partial charge on any atom is -0.440 e. The molecule has 0 bridgehead atoms. The van der Waals surface area contributed by atoms with Gasteiger partial charge in [0.2, 0.25) is 0 Å². The Hall–Kier alpha value is -0.710. The van der Waals surface area contributed by atoms with Crippen molar-refractivity contribution in [1.29, 1.82) is 0 Å². The van der Waals surface area contributed by atoms with Gasteiger partial charge in [-0.05, 0) is 61.9 Å². The van der Waals surface area contributed by atoms with E-state index < -0.39 is 0 Å². The van der Waals surface area contributed by atoms with Crippen molar-refractivity contribution in [2.45, 2.75) is 31.7 Å². The fourth-order valence-corrected chi connectivity index (χ4v) is 3.35. The molecule has 1 aromatic rings. The lowest BCUT2D eigenvalue weighted by Gasteiger charge is -2.34. The molecule has 4 nitrogen and oxygen atoms in total. The molecule has 112 valence electrons. The van der Waals surface area contributed by atoms with Gasteiger partial charge in [-0.15, -0.1) is 12.4 Å². The Morgan fingerprint density at radius 3 is 2.60 bits per heavy atom. The summed E-state index contributed by atoms with van der Waals surface area (Å²) in [6.07, 6.45) is 4.73. The summed E-state index contributed by atoms with van der Waals surface area (Å²) in [5, 5.41) is 3.84. The molecule has 0 aliphatic carbocycles. The number of carbonyl (C=O) groups excluding carboxylic acids is 1. The number of rotatable bonds is 2. The number of furan rings is 1. The maximum absolute atomic E-state index is 12.2. The molecule has 3 heterocycles. The molecule has 1 atom stereocenters. The molecule has 1 N–H and O–H groups in total. The van der Waals surface area contributed by atoms with Crippen LogP contribution in [-0.4, -0.2) is 36.5 Å². The predicted octanol–water partition coefficient (Wildman–Crippen LogP) is 2.96. The highest BCUT2D eigenvalue weighted by molar-refractivity contribution is 6.29. The summed E-state index contributed by atoms with van der Waals surface area (Å²) >= 11 is 5.71. The second-order valence-corrected chi connectivity index (χ2v) is 5.81. The van der Waals surface area contributed by atoms with Crippen LogP contribution >= 0.6 is 24.0 Å². The largest absolute Gasteiger partial charge is 0.440 e. The van der Waals surface area contributed by atoms with Crippen molar-refractivity contribution in [3.05, 3.63) is 23.1 Å². The molecule has 1 unspecified atom stereocenters. The highest BCUT2D eigenvalue weighted by Gasteiger charge is 2.30. The lowest BCUT2D eigenvalue weighted by Crippen LogP contribution is -2.43. The number of nitrogens with one attached hydrogen (secondary N) is 1. The molecule has 3 rings (SSSR count). The molecule has 2 aliphatic heterocycles. The highest BCUT2D eigenvalue weighted by atomic mass is 35.5. The second kappa shape index (κ2) is 6.83. The van der Waals surface area contributed by atoms with Crippen LogP contribution in [-0.2, 0) is 0 Å². The van der Waals surface area contributed by atoms with Crippen molar-refractivity contribution >= 4 is 29.9 Å². The average molecular weight is 319 g/mol. The molecule has 2 fully saturated rings. The Bertz CT molecular complexity index is 450. The zero-order chi connectivity index (χ0) is 13.2. The third-order valence-electron chi connectivity index (χ3n) is 4.28. The summed E-state index contributed by atoms with van der Waals surface area (Å²) in [6, 6.07) is 3.93. The number of halogens is 2. The number of nitrogens with zero attached hydrogens (tertiary/aromatic N) is 1. The zero-order valence-electron chi connectivity index (χ0n) is 11.3. The normalized spacial score (nSPS) is 23.6. The zero-order valence-corrected chi connectivity index (χ0v) is 12.9. The molecule has 20 heavy (non-hydrogen) atoms. The molecule has 2 saturated heterocycles. The third-order valence-corrected chi connectivity index (χ3v) is 4.48. The van der Waals surface area contributed by atoms with E-state index in [4.69, 9.17) is 16.0 Å². The van der Waals surface area contributed by atoms with Gasteiger partial charge in [0.15, 0.2) is 11.0 Å². The fourth-order valence-electron chi connectivity index (χ4n) is 3.20. The van der Waals surface area contributed by atoms with Gasteiger partial charge in [0, 0.05) is 19.1 Å². The summed E-state index contributed by atoms with van der Waals surface area (Å²) in [7, 11) is 0. The molecule has 0 saturated carbocycles. The lowest BCUT2D eigenvalue weighted by molar-refractivity contribution is 0.0643. The Morgan fingerprint density at radius 2 is 2.05 bits per heavy atom. The Balaban J connectivity index is 0.00000147. The monoisotopic (exact) mass is 318 g/mol. The van der Waals surface area contributed by atoms with Crippen molar-refractivity contribution in [3.8, 4) is 0 Å². The van der Waals surface area contributed by atoms with Crippen molar-refractivity contribution in [1.82, 2.24) is 10.2 Å². The van der Waals surface area contributed by atoms with Gasteiger partial charge in [-0.25, -0.2) is 0 Å². The molecule has 0 aromatic carbocycles. The van der Waals surface area contributed by atoms with E-state index in [-0.39, 0.29) is 23.5 Å². The third kappa shape index (κ3) is 3.30. The minimum absolute atomic E-state index is 0. The number of hydrogen-bond acceptors (Lipinski definition) is 3. The summed E-state index contributed by atoms with van der Waals surface area (Å²) in [6.45, 7) is 2.79. The topological polar surface area (TPSA) is 45.5 Å². The first-order valence-corrected chi connectivity index (χ1v) is 7.40. The Labute approximate surface area is 130 Å². The summed E-state index contributed by atoms with van der Waals surface area (Å²) < 4.78 is 5.19. The molecule has 1 aromatic heterocycles. The molecular formula is C14H20Cl2N2O2. The van der Waals surface area contributed by atoms with Crippen LogP contribution in [0.4, 0.5) is 0 Å². The van der Waals surface area contributed by atoms with E-state index in [9.17, 15) is 4.79 Å². The second-order valence-electron chi connectivity index (χ2n) is 5.44. The molecule has 1 amide bonds. The van der Waals surface area contributed by atoms with E-state index in [1.54, 1.807) is 12.1 Å². The van der Waals surface area contributed by atoms with Gasteiger partial charge in [0.25, 0.3) is 5.91 Å². The van der Waals surface area contributed by atoms with E-state index in [1.165, 1.54) is 12.8 Å². The van der Waals surface area contributed by atoms with E-state index in [0.717, 1.165) is 32.5 Å². The van der Waals surface area contributed by atoms with Crippen LogP contribution in [0.1, 0.15) is 36.2 Å². The Kier molecular flexibility index (Phi) is 5.35. The number of hydrogen-bond donors (Lipinski definition) is 1.